The van der Waals surface area contributed by atoms with E-state index in [9.17, 15) is 58.7 Å². The summed E-state index contributed by atoms with van der Waals surface area (Å²) < 4.78 is 304. The number of thioether (sulfide) groups is 2. The summed E-state index contributed by atoms with van der Waals surface area (Å²) in [6.45, 7) is -9.64. The van der Waals surface area contributed by atoms with Gasteiger partial charge in [-0.3, -0.25) is 19.2 Å². The lowest BCUT2D eigenvalue weighted by atomic mass is 10.00. The molecule has 10 aromatic rings. The molecular weight excluding hydrogens is 1420 g/mol. The van der Waals surface area contributed by atoms with E-state index in [1.165, 1.54) is 74.4 Å². The average Bonchev–Trinajstić information content (AvgIpc) is 0.736. The van der Waals surface area contributed by atoms with Crippen molar-refractivity contribution in [3.63, 3.8) is 0 Å². The molecule has 24 heteroatoms. The Hall–Kier alpha value is -9.04. The van der Waals surface area contributed by atoms with Crippen molar-refractivity contribution in [2.75, 3.05) is 66.5 Å². The van der Waals surface area contributed by atoms with Crippen LogP contribution < -0.4 is 10.9 Å². The number of alkyl halides is 6. The Kier molecular flexibility index (Phi) is 18.9. The molecule has 0 atom stereocenters. The minimum absolute atomic E-state index is 0.0000432. The van der Waals surface area contributed by atoms with Gasteiger partial charge in [0, 0.05) is 132 Å². The molecule has 8 aromatic carbocycles. The largest absolute Gasteiger partial charge is 0.416 e. The molecule has 0 bridgehead atoms. The lowest BCUT2D eigenvalue weighted by molar-refractivity contribution is -0.138. The number of benzene rings is 8. The number of aromatic nitrogens is 2. The van der Waals surface area contributed by atoms with E-state index in [-0.39, 0.29) is 115 Å². The molecule has 106 heavy (non-hydrogen) atoms. The second kappa shape index (κ2) is 35.1. The van der Waals surface area contributed by atoms with Crippen LogP contribution in [0.15, 0.2) is 201 Å². The Morgan fingerprint density at radius 1 is 0.509 bits per heavy atom. The molecule has 2 aromatic heterocycles. The predicted octanol–water partition coefficient (Wildman–Crippen LogP) is 17.4. The van der Waals surface area contributed by atoms with Crippen LogP contribution in [-0.2, 0) is 69.1 Å². The zero-order valence-electron chi connectivity index (χ0n) is 75.3. The summed E-state index contributed by atoms with van der Waals surface area (Å²) in [5.41, 5.74) is -5.10. The van der Waals surface area contributed by atoms with Gasteiger partial charge in [0.05, 0.1) is 61.8 Å². The summed E-state index contributed by atoms with van der Waals surface area (Å²) in [6, 6.07) is 22.9. The van der Waals surface area contributed by atoms with Crippen LogP contribution >= 0.6 is 23.5 Å². The molecular formula is C82H80F10N6O6S2. The van der Waals surface area contributed by atoms with E-state index in [1.54, 1.807) is 48.5 Å². The molecule has 0 saturated carbocycles. The molecule has 2 aliphatic heterocycles. The molecule has 12 nitrogen and oxygen atoms in total. The van der Waals surface area contributed by atoms with Crippen molar-refractivity contribution in [2.24, 2.45) is 0 Å². The predicted molar refractivity (Wildman–Crippen MR) is 395 cm³/mol. The third-order valence-electron chi connectivity index (χ3n) is 17.7. The van der Waals surface area contributed by atoms with Crippen molar-refractivity contribution >= 4 is 57.1 Å². The molecule has 556 valence electrons. The fourth-order valence-electron chi connectivity index (χ4n) is 12.2. The van der Waals surface area contributed by atoms with E-state index in [4.69, 9.17) is 34.1 Å². The second-order valence-corrected chi connectivity index (χ2v) is 26.6. The standard InChI is InChI=1S/2C41H40F5N3O3S/c2*1-27-6-15-36-34(22-27)37(50)23-39(53-26-31-4-3-5-35(42)40(31)43)49(36)25-38(51)48(33-16-18-47(19-17-33)20-21-52-2)24-28-7-9-29(10-8-28)30-11-13-32(14-12-30)41(44,45)46/h2*3-15,22-23,33H,16-21,24-26H2,1-2H3/i6D,15D,20D2,21D2,22D,23D,26D2;6D,15D,20D2,21D2,22D,23D. The molecule has 0 spiro atoms. The highest BCUT2D eigenvalue weighted by atomic mass is 32.2. The van der Waals surface area contributed by atoms with Crippen LogP contribution in [-0.4, -0.2) is 119 Å². The molecule has 0 aliphatic carbocycles. The maximum atomic E-state index is 15.1. The van der Waals surface area contributed by atoms with Crippen LogP contribution in [0.25, 0.3) is 44.1 Å². The molecule has 2 aliphatic rings. The zero-order chi connectivity index (χ0) is 91.3. The van der Waals surface area contributed by atoms with Crippen LogP contribution in [0.4, 0.5) is 43.9 Å². The van der Waals surface area contributed by atoms with Gasteiger partial charge in [-0.15, -0.1) is 23.5 Å². The number of methoxy groups -OCH3 is 2. The van der Waals surface area contributed by atoms with Gasteiger partial charge < -0.3 is 38.2 Å². The van der Waals surface area contributed by atoms with Crippen molar-refractivity contribution in [3.8, 4) is 22.3 Å². The Morgan fingerprint density at radius 3 is 1.26 bits per heavy atom. The van der Waals surface area contributed by atoms with Crippen molar-refractivity contribution in [3.05, 3.63) is 270 Å². The number of amides is 2. The summed E-state index contributed by atoms with van der Waals surface area (Å²) in [5.74, 6) is -6.89. The Morgan fingerprint density at radius 2 is 0.877 bits per heavy atom. The van der Waals surface area contributed by atoms with E-state index in [2.05, 4.69) is 0 Å². The van der Waals surface area contributed by atoms with Crippen LogP contribution in [0.2, 0.25) is 0 Å². The second-order valence-electron chi connectivity index (χ2n) is 24.8. The molecule has 0 unspecified atom stereocenters. The molecule has 0 radical (unpaired) electrons. The quantitative estimate of drug-likeness (QED) is 0.0428. The summed E-state index contributed by atoms with van der Waals surface area (Å²) in [5, 5.41) is -1.65. The minimum atomic E-state index is -4.53. The Balaban J connectivity index is 0.000000241. The number of nitrogens with zero attached hydrogens (tertiary/aromatic N) is 6. The first kappa shape index (κ1) is 57.2. The lowest BCUT2D eigenvalue weighted by Crippen LogP contribution is -2.48. The van der Waals surface area contributed by atoms with E-state index >= 15 is 4.39 Å². The number of piperidine rings is 2. The Labute approximate surface area is 641 Å². The molecule has 4 heterocycles. The van der Waals surface area contributed by atoms with Crippen molar-refractivity contribution < 1.29 is 87.6 Å². The maximum Gasteiger partial charge on any atom is 0.416 e. The van der Waals surface area contributed by atoms with Gasteiger partial charge in [-0.2, -0.15) is 26.3 Å². The van der Waals surface area contributed by atoms with Gasteiger partial charge >= 0.3 is 12.4 Å². The van der Waals surface area contributed by atoms with Crippen LogP contribution in [0.5, 0.6) is 0 Å². The number of halogens is 10. The van der Waals surface area contributed by atoms with E-state index in [0.29, 0.717) is 33.4 Å². The number of fused-ring (bicyclic) bond motifs is 2. The van der Waals surface area contributed by atoms with Gasteiger partial charge in [0.1, 0.15) is 13.1 Å². The van der Waals surface area contributed by atoms with Gasteiger partial charge in [0.15, 0.2) is 34.1 Å². The molecule has 2 fully saturated rings. The lowest BCUT2D eigenvalue weighted by Gasteiger charge is -2.39. The first-order valence-electron chi connectivity index (χ1n) is 42.1. The number of likely N-dealkylation sites (tertiary alicyclic amines) is 2. The topological polar surface area (TPSA) is 110 Å². The van der Waals surface area contributed by atoms with E-state index in [1.807, 2.05) is 0 Å². The van der Waals surface area contributed by atoms with Gasteiger partial charge in [-0.05, 0) is 133 Å². The van der Waals surface area contributed by atoms with Crippen LogP contribution in [0.3, 0.4) is 0 Å². The summed E-state index contributed by atoms with van der Waals surface area (Å²) >= 11 is 0.838. The van der Waals surface area contributed by atoms with Gasteiger partial charge in [0.2, 0.25) is 11.8 Å². The first-order chi connectivity index (χ1) is 57.9. The number of ether oxygens (including phenoxy) is 2. The fraction of sp³-hybridized carbons (Fsp3) is 0.317. The molecule has 0 N–H and O–H groups in total. The van der Waals surface area contributed by atoms with Crippen molar-refractivity contribution in [2.45, 2.75) is 112 Å². The average molecular weight is 1520 g/mol. The van der Waals surface area contributed by atoms with Crippen molar-refractivity contribution in [1.82, 2.24) is 28.7 Å². The summed E-state index contributed by atoms with van der Waals surface area (Å²) in [4.78, 5) is 62.7. The highest BCUT2D eigenvalue weighted by Crippen LogP contribution is 2.36. The zero-order valence-corrected chi connectivity index (χ0v) is 58.9. The van der Waals surface area contributed by atoms with Crippen LogP contribution in [0.1, 0.15) is 94.9 Å². The normalized spacial score (nSPS) is 17.3. The third kappa shape index (κ3) is 19.6. The SMILES string of the molecule is [2H]c1c(C)c([2H])c2c(=O)c([2H])c(SC([2H])([2H])c3cccc(F)c3F)n(CC(=O)N(Cc3ccc(-c4ccc(C(F)(F)F)cc4)cc3)C3CCN(C([2H])([2H])C([2H])([2H])OC)CC3)c2c1[2H].[2H]c1c(C)c([2H])c2c(=O)c([2H])c(SCc3cccc(F)c3F)n(CC(=O)N(Cc3ccc(-c4ccc(C(F)(F)F)cc4)cc3)C3CCN(C([2H])([2H])C([2H])([2H])OC)CC3)c2c1[2H]. The summed E-state index contributed by atoms with van der Waals surface area (Å²) in [7, 11) is 2.08. The van der Waals surface area contributed by atoms with Crippen LogP contribution in [0, 0.1) is 37.1 Å². The number of rotatable bonds is 24. The summed E-state index contributed by atoms with van der Waals surface area (Å²) in [6.07, 6.45) is -8.56. The number of carbonyl (C=O) groups excluding carboxylic acids is 2. The van der Waals surface area contributed by atoms with Gasteiger partial charge in [-0.1, -0.05) is 120 Å². The van der Waals surface area contributed by atoms with E-state index in [0.717, 1.165) is 79.1 Å². The maximum absolute atomic E-state index is 15.1. The number of carbonyl (C=O) groups is 2. The number of pyridine rings is 2. The highest BCUT2D eigenvalue weighted by molar-refractivity contribution is 7.98. The highest BCUT2D eigenvalue weighted by Gasteiger charge is 2.34. The first-order valence-corrected chi connectivity index (χ1v) is 34.9. The Bertz CT molecular complexity index is 5830. The number of hydrogen-bond acceptors (Lipinski definition) is 10. The third-order valence-corrected chi connectivity index (χ3v) is 19.6. The van der Waals surface area contributed by atoms with Crippen molar-refractivity contribution in [1.29, 1.82) is 0 Å². The minimum Gasteiger partial charge on any atom is -0.383 e. The van der Waals surface area contributed by atoms with Gasteiger partial charge in [0.25, 0.3) is 0 Å². The van der Waals surface area contributed by atoms with Gasteiger partial charge in [-0.25, -0.2) is 17.6 Å². The smallest absolute Gasteiger partial charge is 0.383 e. The fourth-order valence-corrected chi connectivity index (χ4v) is 13.9. The molecule has 2 amide bonds. The number of hydrogen-bond donors (Lipinski definition) is 0. The molecule has 2 saturated heterocycles. The van der Waals surface area contributed by atoms with E-state index < -0.39 is 196 Å². The molecule has 12 rings (SSSR count). The monoisotopic (exact) mass is 1520 g/mol.